The molecule has 1 unspecified atom stereocenters. The van der Waals surface area contributed by atoms with E-state index in [4.69, 9.17) is 0 Å². The molecule has 1 atom stereocenters. The number of carbonyl (C=O) groups excluding carboxylic acids is 1. The van der Waals surface area contributed by atoms with Crippen molar-refractivity contribution in [1.29, 1.82) is 0 Å². The molecule has 2 heterocycles. The molecule has 0 radical (unpaired) electrons. The van der Waals surface area contributed by atoms with Gasteiger partial charge in [-0.15, -0.1) is 11.3 Å². The zero-order valence-electron chi connectivity index (χ0n) is 11.8. The number of rotatable bonds is 5. The van der Waals surface area contributed by atoms with Crippen LogP contribution in [0.4, 0.5) is 0 Å². The number of nitrogens with zero attached hydrogens (tertiary/aromatic N) is 2. The van der Waals surface area contributed by atoms with Crippen molar-refractivity contribution in [3.05, 3.63) is 21.9 Å². The minimum Gasteiger partial charge on any atom is -0.387 e. The average molecular weight is 282 g/mol. The molecule has 0 bridgehead atoms. The molecule has 19 heavy (non-hydrogen) atoms. The number of likely N-dealkylation sites (tertiary alicyclic amines) is 1. The van der Waals surface area contributed by atoms with E-state index in [-0.39, 0.29) is 5.78 Å². The van der Waals surface area contributed by atoms with Crippen molar-refractivity contribution in [2.24, 2.45) is 0 Å². The highest BCUT2D eigenvalue weighted by Crippen LogP contribution is 2.25. The summed E-state index contributed by atoms with van der Waals surface area (Å²) in [4.78, 5) is 16.4. The van der Waals surface area contributed by atoms with E-state index in [0.717, 1.165) is 24.4 Å². The van der Waals surface area contributed by atoms with E-state index in [1.807, 2.05) is 30.4 Å². The average Bonchev–Trinajstić information content (AvgIpc) is 2.85. The molecule has 1 fully saturated rings. The minimum atomic E-state index is -0.594. The Balaban J connectivity index is 1.92. The zero-order valence-corrected chi connectivity index (χ0v) is 12.7. The van der Waals surface area contributed by atoms with Gasteiger partial charge in [-0.1, -0.05) is 0 Å². The Morgan fingerprint density at radius 1 is 1.58 bits per heavy atom. The third-order valence-electron chi connectivity index (χ3n) is 3.43. The fraction of sp³-hybridized carbons (Fsp3) is 0.643. The number of aliphatic hydroxyl groups is 1. The number of Topliss-reactive ketones (excluding diaryl/α,β-unsaturated/α-hetero) is 1. The van der Waals surface area contributed by atoms with Crippen molar-refractivity contribution in [2.45, 2.75) is 25.5 Å². The van der Waals surface area contributed by atoms with Crippen molar-refractivity contribution in [3.8, 4) is 0 Å². The molecule has 2 rings (SSSR count). The molecule has 0 saturated carbocycles. The Hall–Kier alpha value is -0.750. The van der Waals surface area contributed by atoms with Crippen molar-refractivity contribution in [1.82, 2.24) is 9.80 Å². The summed E-state index contributed by atoms with van der Waals surface area (Å²) in [6.45, 7) is 4.73. The number of β-amino-alcohol motifs (C(OH)–C–C–N with tert-alkyl or cyclic N) is 1. The Labute approximate surface area is 118 Å². The van der Waals surface area contributed by atoms with Gasteiger partial charge in [-0.25, -0.2) is 0 Å². The maximum Gasteiger partial charge on any atom is 0.169 e. The van der Waals surface area contributed by atoms with Crippen LogP contribution in [0.1, 0.15) is 28.6 Å². The van der Waals surface area contributed by atoms with Crippen LogP contribution in [-0.2, 0) is 6.54 Å². The monoisotopic (exact) mass is 282 g/mol. The van der Waals surface area contributed by atoms with Gasteiger partial charge >= 0.3 is 0 Å². The molecule has 5 heteroatoms. The van der Waals surface area contributed by atoms with E-state index in [1.165, 1.54) is 16.9 Å². The highest BCUT2D eigenvalue weighted by Gasteiger charge is 2.36. The summed E-state index contributed by atoms with van der Waals surface area (Å²) in [5.41, 5.74) is 0.576. The van der Waals surface area contributed by atoms with Crippen molar-refractivity contribution < 1.29 is 9.90 Å². The van der Waals surface area contributed by atoms with E-state index >= 15 is 0 Å². The van der Waals surface area contributed by atoms with Gasteiger partial charge in [0.05, 0.1) is 10.5 Å². The molecule has 0 aliphatic carbocycles. The normalized spacial score (nSPS) is 24.3. The highest BCUT2D eigenvalue weighted by molar-refractivity contribution is 7.12. The number of thiophene rings is 1. The van der Waals surface area contributed by atoms with E-state index in [1.54, 1.807) is 6.92 Å². The standard InChI is InChI=1S/C14H22N2O2S/c1-11(17)13-6-12(8-19-13)7-16-5-4-14(18,10-16)9-15(2)3/h6,8,18H,4-5,7,9-10H2,1-3H3. The van der Waals surface area contributed by atoms with Crippen LogP contribution in [0.2, 0.25) is 0 Å². The second kappa shape index (κ2) is 5.71. The molecule has 4 nitrogen and oxygen atoms in total. The van der Waals surface area contributed by atoms with Crippen LogP contribution >= 0.6 is 11.3 Å². The molecule has 106 valence electrons. The summed E-state index contributed by atoms with van der Waals surface area (Å²) in [6.07, 6.45) is 0.814. The topological polar surface area (TPSA) is 43.8 Å². The van der Waals surface area contributed by atoms with Crippen LogP contribution in [0.3, 0.4) is 0 Å². The smallest absolute Gasteiger partial charge is 0.169 e. The molecule has 1 aliphatic rings. The van der Waals surface area contributed by atoms with E-state index in [2.05, 4.69) is 4.90 Å². The van der Waals surface area contributed by atoms with Crippen LogP contribution in [0.5, 0.6) is 0 Å². The second-order valence-corrected chi connectivity index (χ2v) is 6.71. The maximum absolute atomic E-state index is 11.3. The quantitative estimate of drug-likeness (QED) is 0.830. The van der Waals surface area contributed by atoms with Crippen LogP contribution in [0.15, 0.2) is 11.4 Å². The fourth-order valence-electron chi connectivity index (χ4n) is 2.69. The van der Waals surface area contributed by atoms with E-state index < -0.39 is 5.60 Å². The van der Waals surface area contributed by atoms with Crippen molar-refractivity contribution in [3.63, 3.8) is 0 Å². The zero-order chi connectivity index (χ0) is 14.0. The summed E-state index contributed by atoms with van der Waals surface area (Å²) in [5, 5.41) is 12.5. The van der Waals surface area contributed by atoms with Gasteiger partial charge in [-0.05, 0) is 44.4 Å². The first-order valence-electron chi connectivity index (χ1n) is 6.56. The van der Waals surface area contributed by atoms with Crippen LogP contribution in [0, 0.1) is 0 Å². The summed E-state index contributed by atoms with van der Waals surface area (Å²) in [5.74, 6) is 0.127. The van der Waals surface area contributed by atoms with Gasteiger partial charge in [0, 0.05) is 26.2 Å². The third-order valence-corrected chi connectivity index (χ3v) is 4.51. The lowest BCUT2D eigenvalue weighted by Crippen LogP contribution is -2.42. The molecule has 1 aromatic rings. The number of hydrogen-bond donors (Lipinski definition) is 1. The molecule has 0 aromatic carbocycles. The lowest BCUT2D eigenvalue weighted by atomic mass is 10.0. The summed E-state index contributed by atoms with van der Waals surface area (Å²) < 4.78 is 0. The highest BCUT2D eigenvalue weighted by atomic mass is 32.1. The van der Waals surface area contributed by atoms with Gasteiger partial charge in [0.2, 0.25) is 0 Å². The lowest BCUT2D eigenvalue weighted by molar-refractivity contribution is 0.0240. The Morgan fingerprint density at radius 2 is 2.32 bits per heavy atom. The molecule has 1 aromatic heterocycles. The van der Waals surface area contributed by atoms with Gasteiger partial charge in [-0.2, -0.15) is 0 Å². The van der Waals surface area contributed by atoms with Crippen LogP contribution < -0.4 is 0 Å². The summed E-state index contributed by atoms with van der Waals surface area (Å²) >= 11 is 1.50. The Morgan fingerprint density at radius 3 is 2.89 bits per heavy atom. The number of ketones is 1. The largest absolute Gasteiger partial charge is 0.387 e. The Bertz CT molecular complexity index is 458. The van der Waals surface area contributed by atoms with Gasteiger partial charge in [0.15, 0.2) is 5.78 Å². The molecule has 0 spiro atoms. The molecular formula is C14H22N2O2S. The van der Waals surface area contributed by atoms with E-state index in [0.29, 0.717) is 13.1 Å². The third kappa shape index (κ3) is 3.86. The first kappa shape index (κ1) is 14.7. The Kier molecular flexibility index (Phi) is 4.40. The number of likely N-dealkylation sites (N-methyl/N-ethyl adjacent to an activating group) is 1. The first-order valence-corrected chi connectivity index (χ1v) is 7.44. The maximum atomic E-state index is 11.3. The predicted octanol–water partition coefficient (Wildman–Crippen LogP) is 1.45. The molecule has 1 N–H and O–H groups in total. The first-order chi connectivity index (χ1) is 8.88. The van der Waals surface area contributed by atoms with Gasteiger partial charge in [-0.3, -0.25) is 9.69 Å². The SMILES string of the molecule is CC(=O)c1cc(CN2CCC(O)(CN(C)C)C2)cs1. The van der Waals surface area contributed by atoms with Gasteiger partial charge in [0.25, 0.3) is 0 Å². The van der Waals surface area contributed by atoms with Crippen molar-refractivity contribution in [2.75, 3.05) is 33.7 Å². The summed E-state index contributed by atoms with van der Waals surface area (Å²) in [6, 6.07) is 1.97. The van der Waals surface area contributed by atoms with Crippen LogP contribution in [0.25, 0.3) is 0 Å². The predicted molar refractivity (Wildman–Crippen MR) is 77.7 cm³/mol. The van der Waals surface area contributed by atoms with Crippen LogP contribution in [-0.4, -0.2) is 60.0 Å². The lowest BCUT2D eigenvalue weighted by Gasteiger charge is -2.26. The number of carbonyl (C=O) groups is 1. The summed E-state index contributed by atoms with van der Waals surface area (Å²) in [7, 11) is 3.97. The van der Waals surface area contributed by atoms with Gasteiger partial charge < -0.3 is 10.0 Å². The number of hydrogen-bond acceptors (Lipinski definition) is 5. The fourth-order valence-corrected chi connectivity index (χ4v) is 3.50. The van der Waals surface area contributed by atoms with Crippen molar-refractivity contribution >= 4 is 17.1 Å². The second-order valence-electron chi connectivity index (χ2n) is 5.80. The molecular weight excluding hydrogens is 260 g/mol. The van der Waals surface area contributed by atoms with E-state index in [9.17, 15) is 9.90 Å². The molecule has 0 amide bonds. The molecule has 1 aliphatic heterocycles. The van der Waals surface area contributed by atoms with Gasteiger partial charge in [0.1, 0.15) is 0 Å². The molecule has 1 saturated heterocycles. The minimum absolute atomic E-state index is 0.127.